The maximum absolute atomic E-state index is 13.5. The van der Waals surface area contributed by atoms with E-state index in [1.54, 1.807) is 11.9 Å². The van der Waals surface area contributed by atoms with Gasteiger partial charge in [0.1, 0.15) is 0 Å². The summed E-state index contributed by atoms with van der Waals surface area (Å²) in [6, 6.07) is 7.12. The Bertz CT molecular complexity index is 935. The van der Waals surface area contributed by atoms with Crippen LogP contribution in [0, 0.1) is 12.8 Å². The number of hydrogen-bond acceptors (Lipinski definition) is 5. The van der Waals surface area contributed by atoms with E-state index < -0.39 is 12.2 Å². The summed E-state index contributed by atoms with van der Waals surface area (Å²) in [6.07, 6.45) is -0.489. The number of guanidine groups is 1. The van der Waals surface area contributed by atoms with Crippen LogP contribution >= 0.6 is 0 Å². The fourth-order valence-electron chi connectivity index (χ4n) is 4.40. The Hall–Kier alpha value is -2.83. The largest absolute Gasteiger partial charge is 0.328 e. The topological polar surface area (TPSA) is 59.5 Å². The SMILES string of the molecule is CC1=C(C)N2C(=NC3C2C(=O)N(Cc2cccc(C)c2)C(=O)N3C)N1CC(C)C. The normalized spacial score (nSPS) is 24.0. The summed E-state index contributed by atoms with van der Waals surface area (Å²) in [7, 11) is 1.74. The number of aryl methyl sites for hydroxylation is 1. The van der Waals surface area contributed by atoms with Crippen LogP contribution in [0.15, 0.2) is 40.7 Å². The zero-order chi connectivity index (χ0) is 21.0. The molecule has 3 aliphatic rings. The summed E-state index contributed by atoms with van der Waals surface area (Å²) in [6.45, 7) is 11.5. The zero-order valence-corrected chi connectivity index (χ0v) is 18.0. The predicted octanol–water partition coefficient (Wildman–Crippen LogP) is 2.98. The Labute approximate surface area is 172 Å². The quantitative estimate of drug-likeness (QED) is 0.786. The molecular formula is C22H29N5O2. The van der Waals surface area contributed by atoms with Gasteiger partial charge in [-0.1, -0.05) is 43.7 Å². The van der Waals surface area contributed by atoms with Crippen molar-refractivity contribution in [3.8, 4) is 0 Å². The van der Waals surface area contributed by atoms with Crippen molar-refractivity contribution in [2.45, 2.75) is 53.4 Å². The van der Waals surface area contributed by atoms with Gasteiger partial charge < -0.3 is 9.80 Å². The number of benzene rings is 1. The van der Waals surface area contributed by atoms with Crippen LogP contribution in [0.3, 0.4) is 0 Å². The number of imide groups is 1. The molecule has 154 valence electrons. The van der Waals surface area contributed by atoms with Gasteiger partial charge in [-0.05, 0) is 32.3 Å². The smallest absolute Gasteiger partial charge is 0.314 e. The first-order valence-electron chi connectivity index (χ1n) is 10.2. The minimum Gasteiger partial charge on any atom is -0.314 e. The van der Waals surface area contributed by atoms with Gasteiger partial charge in [0.25, 0.3) is 5.91 Å². The fraction of sp³-hybridized carbons (Fsp3) is 0.500. The molecule has 0 aliphatic carbocycles. The monoisotopic (exact) mass is 395 g/mol. The molecule has 1 aromatic carbocycles. The molecule has 1 fully saturated rings. The Kier molecular flexibility index (Phi) is 4.63. The van der Waals surface area contributed by atoms with Gasteiger partial charge in [-0.2, -0.15) is 0 Å². The molecule has 0 saturated carbocycles. The van der Waals surface area contributed by atoms with E-state index in [1.165, 1.54) is 4.90 Å². The lowest BCUT2D eigenvalue weighted by atomic mass is 10.1. The van der Waals surface area contributed by atoms with E-state index in [2.05, 4.69) is 25.7 Å². The van der Waals surface area contributed by atoms with Gasteiger partial charge in [0.2, 0.25) is 5.96 Å². The first kappa shape index (κ1) is 19.5. The first-order chi connectivity index (χ1) is 13.7. The Balaban J connectivity index is 1.67. The van der Waals surface area contributed by atoms with E-state index in [9.17, 15) is 9.59 Å². The average molecular weight is 396 g/mol. The molecule has 7 heteroatoms. The van der Waals surface area contributed by atoms with Crippen molar-refractivity contribution in [2.75, 3.05) is 13.6 Å². The summed E-state index contributed by atoms with van der Waals surface area (Å²) < 4.78 is 0. The van der Waals surface area contributed by atoms with Crippen LogP contribution in [0.4, 0.5) is 4.79 Å². The molecule has 2 unspecified atom stereocenters. The van der Waals surface area contributed by atoms with Crippen LogP contribution in [0.2, 0.25) is 0 Å². The predicted molar refractivity (Wildman–Crippen MR) is 112 cm³/mol. The second-order valence-electron chi connectivity index (χ2n) is 8.64. The van der Waals surface area contributed by atoms with Gasteiger partial charge in [0, 0.05) is 25.0 Å². The molecular weight excluding hydrogens is 366 g/mol. The van der Waals surface area contributed by atoms with Gasteiger partial charge in [0.15, 0.2) is 12.2 Å². The number of fused-ring (bicyclic) bond motifs is 3. The third-order valence-corrected chi connectivity index (χ3v) is 5.97. The molecule has 0 N–H and O–H groups in total. The number of carbonyl (C=O) groups excluding carboxylic acids is 2. The molecule has 3 heterocycles. The van der Waals surface area contributed by atoms with Gasteiger partial charge in [-0.25, -0.2) is 9.79 Å². The number of hydrogen-bond donors (Lipinski definition) is 0. The summed E-state index contributed by atoms with van der Waals surface area (Å²) in [5, 5.41) is 0. The fourth-order valence-corrected chi connectivity index (χ4v) is 4.40. The summed E-state index contributed by atoms with van der Waals surface area (Å²) in [4.78, 5) is 38.5. The molecule has 4 rings (SSSR count). The number of nitrogens with zero attached hydrogens (tertiary/aromatic N) is 5. The van der Waals surface area contributed by atoms with Crippen LogP contribution in [0.25, 0.3) is 0 Å². The number of rotatable bonds is 4. The molecule has 3 aliphatic heterocycles. The molecule has 29 heavy (non-hydrogen) atoms. The van der Waals surface area contributed by atoms with Gasteiger partial charge in [0.05, 0.1) is 6.54 Å². The molecule has 0 spiro atoms. The number of amides is 3. The van der Waals surface area contributed by atoms with E-state index in [0.717, 1.165) is 35.0 Å². The summed E-state index contributed by atoms with van der Waals surface area (Å²) >= 11 is 0. The second kappa shape index (κ2) is 6.90. The standard InChI is InChI=1S/C22H29N5O2/c1-13(2)11-25-15(4)16(5)27-18-19(23-21(25)27)24(6)22(29)26(20(18)28)12-17-9-7-8-14(3)10-17/h7-10,13,18-19H,11-12H2,1-6H3. The summed E-state index contributed by atoms with van der Waals surface area (Å²) in [5.74, 6) is 1.06. The van der Waals surface area contributed by atoms with Crippen molar-refractivity contribution < 1.29 is 9.59 Å². The molecule has 0 aromatic heterocycles. The highest BCUT2D eigenvalue weighted by Gasteiger charge is 2.55. The molecule has 1 saturated heterocycles. The van der Waals surface area contributed by atoms with E-state index in [-0.39, 0.29) is 18.5 Å². The minimum absolute atomic E-state index is 0.183. The highest BCUT2D eigenvalue weighted by molar-refractivity contribution is 6.05. The Morgan fingerprint density at radius 1 is 1.07 bits per heavy atom. The van der Waals surface area contributed by atoms with E-state index in [4.69, 9.17) is 4.99 Å². The zero-order valence-electron chi connectivity index (χ0n) is 18.0. The van der Waals surface area contributed by atoms with Crippen molar-refractivity contribution in [1.29, 1.82) is 0 Å². The maximum Gasteiger partial charge on any atom is 0.328 e. The van der Waals surface area contributed by atoms with Crippen LogP contribution < -0.4 is 0 Å². The van der Waals surface area contributed by atoms with Gasteiger partial charge >= 0.3 is 6.03 Å². The molecule has 0 bridgehead atoms. The van der Waals surface area contributed by atoms with Crippen molar-refractivity contribution >= 4 is 17.9 Å². The molecule has 2 atom stereocenters. The van der Waals surface area contributed by atoms with E-state index in [1.807, 2.05) is 43.0 Å². The third-order valence-electron chi connectivity index (χ3n) is 5.97. The van der Waals surface area contributed by atoms with Crippen LogP contribution in [0.1, 0.15) is 38.8 Å². The first-order valence-corrected chi connectivity index (χ1v) is 10.2. The number of allylic oxidation sites excluding steroid dienone is 2. The lowest BCUT2D eigenvalue weighted by Gasteiger charge is -2.40. The Morgan fingerprint density at radius 3 is 2.45 bits per heavy atom. The van der Waals surface area contributed by atoms with Crippen LogP contribution in [-0.4, -0.2) is 63.3 Å². The number of aliphatic imine (C=N–C) groups is 1. The van der Waals surface area contributed by atoms with E-state index >= 15 is 0 Å². The number of urea groups is 1. The molecule has 3 amide bonds. The van der Waals surface area contributed by atoms with Crippen LogP contribution in [0.5, 0.6) is 0 Å². The highest BCUT2D eigenvalue weighted by atomic mass is 16.2. The lowest BCUT2D eigenvalue weighted by molar-refractivity contribution is -0.137. The molecule has 1 aromatic rings. The molecule has 7 nitrogen and oxygen atoms in total. The van der Waals surface area contributed by atoms with E-state index in [0.29, 0.717) is 5.92 Å². The van der Waals surface area contributed by atoms with Crippen molar-refractivity contribution in [2.24, 2.45) is 10.9 Å². The minimum atomic E-state index is -0.510. The van der Waals surface area contributed by atoms with Crippen molar-refractivity contribution in [1.82, 2.24) is 19.6 Å². The Morgan fingerprint density at radius 2 is 1.79 bits per heavy atom. The second-order valence-corrected chi connectivity index (χ2v) is 8.64. The lowest BCUT2D eigenvalue weighted by Crippen LogP contribution is -2.64. The number of carbonyl (C=O) groups is 2. The van der Waals surface area contributed by atoms with Crippen LogP contribution in [-0.2, 0) is 11.3 Å². The molecule has 0 radical (unpaired) electrons. The van der Waals surface area contributed by atoms with Crippen molar-refractivity contribution in [3.63, 3.8) is 0 Å². The van der Waals surface area contributed by atoms with Crippen molar-refractivity contribution in [3.05, 3.63) is 46.8 Å². The van der Waals surface area contributed by atoms with Gasteiger partial charge in [-0.3, -0.25) is 14.6 Å². The number of likely N-dealkylation sites (N-methyl/N-ethyl adjacent to an activating group) is 1. The summed E-state index contributed by atoms with van der Waals surface area (Å²) in [5.41, 5.74) is 4.20. The highest BCUT2D eigenvalue weighted by Crippen LogP contribution is 2.38. The maximum atomic E-state index is 13.5. The third kappa shape index (κ3) is 2.99. The van der Waals surface area contributed by atoms with Gasteiger partial charge in [-0.15, -0.1) is 0 Å². The average Bonchev–Trinajstić information content (AvgIpc) is 3.15.